The van der Waals surface area contributed by atoms with E-state index in [9.17, 15) is 0 Å². The molecule has 1 saturated heterocycles. The maximum atomic E-state index is 5.98. The summed E-state index contributed by atoms with van der Waals surface area (Å²) in [6.45, 7) is 4.16. The van der Waals surface area contributed by atoms with Crippen molar-refractivity contribution in [3.05, 3.63) is 11.2 Å². The van der Waals surface area contributed by atoms with Crippen molar-refractivity contribution >= 4 is 29.2 Å². The summed E-state index contributed by atoms with van der Waals surface area (Å²) in [5.41, 5.74) is 0. The Morgan fingerprint density at radius 2 is 2.21 bits per heavy atom. The summed E-state index contributed by atoms with van der Waals surface area (Å²) in [5.74, 6) is 0.797. The Labute approximate surface area is 123 Å². The number of hydrogen-bond donors (Lipinski definition) is 1. The fraction of sp³-hybridized carbons (Fsp3) is 0.667. The third kappa shape index (κ3) is 4.21. The maximum absolute atomic E-state index is 5.98. The highest BCUT2D eigenvalue weighted by molar-refractivity contribution is 7.98. The molecular formula is C12H20ClN5S. The molecule has 1 unspecified atom stereocenters. The van der Waals surface area contributed by atoms with Gasteiger partial charge in [-0.2, -0.15) is 0 Å². The average molecular weight is 302 g/mol. The zero-order valence-corrected chi connectivity index (χ0v) is 13.1. The Kier molecular flexibility index (Phi) is 5.27. The van der Waals surface area contributed by atoms with E-state index < -0.39 is 0 Å². The first-order valence-electron chi connectivity index (χ1n) is 6.29. The largest absolute Gasteiger partial charge is 0.368 e. The molecule has 1 aliphatic heterocycles. The molecule has 19 heavy (non-hydrogen) atoms. The number of likely N-dealkylation sites (N-methyl/N-ethyl adjacent to an activating group) is 2. The number of piperazine rings is 1. The van der Waals surface area contributed by atoms with Crippen LogP contribution in [0.1, 0.15) is 0 Å². The molecule has 2 heterocycles. The van der Waals surface area contributed by atoms with Crippen LogP contribution in [0.5, 0.6) is 0 Å². The van der Waals surface area contributed by atoms with Crippen LogP contribution in [0.25, 0.3) is 0 Å². The lowest BCUT2D eigenvalue weighted by Crippen LogP contribution is -2.52. The summed E-state index contributed by atoms with van der Waals surface area (Å²) in [6, 6.07) is 2.26. The fourth-order valence-corrected chi connectivity index (χ4v) is 2.74. The van der Waals surface area contributed by atoms with E-state index in [4.69, 9.17) is 11.6 Å². The number of hydrogen-bond acceptors (Lipinski definition) is 6. The van der Waals surface area contributed by atoms with Crippen LogP contribution in [0, 0.1) is 0 Å². The van der Waals surface area contributed by atoms with Crippen LogP contribution in [0.3, 0.4) is 0 Å². The second-order valence-corrected chi connectivity index (χ2v) is 6.00. The Morgan fingerprint density at radius 3 is 2.95 bits per heavy atom. The Morgan fingerprint density at radius 1 is 1.42 bits per heavy atom. The molecule has 7 heteroatoms. The van der Waals surface area contributed by atoms with E-state index in [2.05, 4.69) is 39.2 Å². The molecule has 0 aliphatic carbocycles. The van der Waals surface area contributed by atoms with Crippen molar-refractivity contribution in [2.24, 2.45) is 0 Å². The highest BCUT2D eigenvalue weighted by Gasteiger charge is 2.21. The van der Waals surface area contributed by atoms with Gasteiger partial charge in [-0.05, 0) is 20.4 Å². The molecule has 2 rings (SSSR count). The van der Waals surface area contributed by atoms with Gasteiger partial charge in [-0.3, -0.25) is 4.90 Å². The minimum atomic E-state index is 0.482. The zero-order valence-electron chi connectivity index (χ0n) is 11.6. The topological polar surface area (TPSA) is 44.3 Å². The number of nitrogens with one attached hydrogen (secondary N) is 1. The Balaban J connectivity index is 1.96. The van der Waals surface area contributed by atoms with E-state index in [0.29, 0.717) is 16.4 Å². The van der Waals surface area contributed by atoms with Crippen LogP contribution in [0.2, 0.25) is 5.15 Å². The number of aromatic nitrogens is 2. The molecule has 0 radical (unpaired) electrons. The number of rotatable bonds is 4. The van der Waals surface area contributed by atoms with Gasteiger partial charge in [-0.25, -0.2) is 9.97 Å². The van der Waals surface area contributed by atoms with Crippen LogP contribution in [-0.4, -0.2) is 72.3 Å². The van der Waals surface area contributed by atoms with Gasteiger partial charge in [0.25, 0.3) is 0 Å². The standard InChI is InChI=1S/C12H20ClN5S/c1-17-4-5-18(2)9(8-17)7-14-11-6-10(13)15-12(16-11)19-3/h6,9H,4-5,7-8H2,1-3H3,(H,14,15,16). The van der Waals surface area contributed by atoms with Gasteiger partial charge in [0.05, 0.1) is 0 Å². The molecule has 1 atom stereocenters. The first-order valence-corrected chi connectivity index (χ1v) is 7.90. The van der Waals surface area contributed by atoms with Crippen LogP contribution in [0.4, 0.5) is 5.82 Å². The van der Waals surface area contributed by atoms with Crippen LogP contribution >= 0.6 is 23.4 Å². The van der Waals surface area contributed by atoms with Crippen molar-refractivity contribution in [2.75, 3.05) is 51.8 Å². The second kappa shape index (κ2) is 6.74. The minimum absolute atomic E-state index is 0.482. The summed E-state index contributed by atoms with van der Waals surface area (Å²) >= 11 is 7.47. The van der Waals surface area contributed by atoms with E-state index in [0.717, 1.165) is 32.0 Å². The van der Waals surface area contributed by atoms with E-state index in [1.54, 1.807) is 6.07 Å². The van der Waals surface area contributed by atoms with Gasteiger partial charge >= 0.3 is 0 Å². The molecular weight excluding hydrogens is 282 g/mol. The van der Waals surface area contributed by atoms with Crippen LogP contribution in [0.15, 0.2) is 11.2 Å². The van der Waals surface area contributed by atoms with Crippen LogP contribution in [-0.2, 0) is 0 Å². The number of thioether (sulfide) groups is 1. The van der Waals surface area contributed by atoms with Gasteiger partial charge in [-0.1, -0.05) is 23.4 Å². The number of anilines is 1. The molecule has 0 aromatic carbocycles. The Hall–Kier alpha value is -0.560. The molecule has 0 amide bonds. The van der Waals surface area contributed by atoms with Gasteiger partial charge in [0, 0.05) is 38.3 Å². The van der Waals surface area contributed by atoms with Gasteiger partial charge in [0.1, 0.15) is 11.0 Å². The lowest BCUT2D eigenvalue weighted by atomic mass is 10.2. The van der Waals surface area contributed by atoms with E-state index in [1.165, 1.54) is 11.8 Å². The third-order valence-electron chi connectivity index (χ3n) is 3.36. The third-order valence-corrected chi connectivity index (χ3v) is 4.10. The molecule has 1 aliphatic rings. The number of halogens is 1. The predicted molar refractivity (Wildman–Crippen MR) is 81.2 cm³/mol. The highest BCUT2D eigenvalue weighted by atomic mass is 35.5. The number of nitrogens with zero attached hydrogens (tertiary/aromatic N) is 4. The molecule has 0 spiro atoms. The van der Waals surface area contributed by atoms with E-state index in [-0.39, 0.29) is 0 Å². The van der Waals surface area contributed by atoms with Crippen molar-refractivity contribution in [3.8, 4) is 0 Å². The van der Waals surface area contributed by atoms with E-state index in [1.807, 2.05) is 6.26 Å². The first-order chi connectivity index (χ1) is 9.08. The van der Waals surface area contributed by atoms with Crippen molar-refractivity contribution in [3.63, 3.8) is 0 Å². The lowest BCUT2D eigenvalue weighted by molar-refractivity contribution is 0.122. The summed E-state index contributed by atoms with van der Waals surface area (Å²) in [6.07, 6.45) is 1.94. The summed E-state index contributed by atoms with van der Waals surface area (Å²) < 4.78 is 0. The summed E-state index contributed by atoms with van der Waals surface area (Å²) in [4.78, 5) is 13.3. The Bertz CT molecular complexity index is 431. The minimum Gasteiger partial charge on any atom is -0.368 e. The first kappa shape index (κ1) is 14.8. The lowest BCUT2D eigenvalue weighted by Gasteiger charge is -2.37. The molecule has 0 saturated carbocycles. The molecule has 1 N–H and O–H groups in total. The maximum Gasteiger partial charge on any atom is 0.190 e. The van der Waals surface area contributed by atoms with Gasteiger partial charge in [-0.15, -0.1) is 0 Å². The zero-order chi connectivity index (χ0) is 13.8. The molecule has 0 bridgehead atoms. The van der Waals surface area contributed by atoms with Crippen molar-refractivity contribution in [1.82, 2.24) is 19.8 Å². The average Bonchev–Trinajstić information content (AvgIpc) is 2.39. The molecule has 106 valence electrons. The molecule has 5 nitrogen and oxygen atoms in total. The van der Waals surface area contributed by atoms with Crippen molar-refractivity contribution in [2.45, 2.75) is 11.2 Å². The second-order valence-electron chi connectivity index (χ2n) is 4.84. The predicted octanol–water partition coefficient (Wildman–Crippen LogP) is 1.51. The molecule has 1 aromatic rings. The van der Waals surface area contributed by atoms with Crippen molar-refractivity contribution in [1.29, 1.82) is 0 Å². The van der Waals surface area contributed by atoms with Gasteiger partial charge < -0.3 is 10.2 Å². The summed E-state index contributed by atoms with van der Waals surface area (Å²) in [7, 11) is 4.33. The normalized spacial score (nSPS) is 21.6. The van der Waals surface area contributed by atoms with Crippen molar-refractivity contribution < 1.29 is 0 Å². The quantitative estimate of drug-likeness (QED) is 0.517. The molecule has 1 fully saturated rings. The SMILES string of the molecule is CSc1nc(Cl)cc(NCC2CN(C)CCN2C)n1. The van der Waals surface area contributed by atoms with Crippen LogP contribution < -0.4 is 5.32 Å². The van der Waals surface area contributed by atoms with Gasteiger partial charge in [0.15, 0.2) is 5.16 Å². The fourth-order valence-electron chi connectivity index (χ4n) is 2.12. The highest BCUT2D eigenvalue weighted by Crippen LogP contribution is 2.17. The monoisotopic (exact) mass is 301 g/mol. The van der Waals surface area contributed by atoms with E-state index >= 15 is 0 Å². The molecule has 1 aromatic heterocycles. The smallest absolute Gasteiger partial charge is 0.190 e. The van der Waals surface area contributed by atoms with Gasteiger partial charge in [0.2, 0.25) is 0 Å². The summed E-state index contributed by atoms with van der Waals surface area (Å²) in [5, 5.41) is 4.54.